The maximum absolute atomic E-state index is 13.9. The first kappa shape index (κ1) is 16.1. The second-order valence-electron chi connectivity index (χ2n) is 4.89. The molecule has 1 amide bonds. The number of hydrogen-bond acceptors (Lipinski definition) is 3. The molecule has 0 saturated carbocycles. The standard InChI is InChI=1S/C15H17F2N3O2/c1-9-14(15(22)18-6-3-7-21)10(2)20(19-9)13-5-4-11(16)8-12(13)17/h4-5,8,21H,3,6-7H2,1-2H3,(H,18,22). The van der Waals surface area contributed by atoms with Crippen LogP contribution in [0.4, 0.5) is 8.78 Å². The summed E-state index contributed by atoms with van der Waals surface area (Å²) in [5, 5.41) is 15.6. The second kappa shape index (κ2) is 6.65. The number of hydrogen-bond donors (Lipinski definition) is 2. The van der Waals surface area contributed by atoms with Gasteiger partial charge in [-0.25, -0.2) is 13.5 Å². The lowest BCUT2D eigenvalue weighted by Gasteiger charge is -2.07. The van der Waals surface area contributed by atoms with E-state index >= 15 is 0 Å². The van der Waals surface area contributed by atoms with Crippen molar-refractivity contribution in [1.29, 1.82) is 0 Å². The van der Waals surface area contributed by atoms with Gasteiger partial charge in [0, 0.05) is 19.2 Å². The van der Waals surface area contributed by atoms with Gasteiger partial charge in [-0.2, -0.15) is 5.10 Å². The van der Waals surface area contributed by atoms with E-state index < -0.39 is 11.6 Å². The molecule has 7 heteroatoms. The summed E-state index contributed by atoms with van der Waals surface area (Å²) in [6, 6.07) is 3.18. The fourth-order valence-corrected chi connectivity index (χ4v) is 2.23. The molecule has 0 atom stereocenters. The van der Waals surface area contributed by atoms with E-state index in [2.05, 4.69) is 10.4 Å². The highest BCUT2D eigenvalue weighted by Gasteiger charge is 2.20. The molecule has 0 unspecified atom stereocenters. The van der Waals surface area contributed by atoms with E-state index in [0.717, 1.165) is 12.1 Å². The molecule has 0 spiro atoms. The molecular weight excluding hydrogens is 292 g/mol. The first-order valence-corrected chi connectivity index (χ1v) is 6.86. The zero-order chi connectivity index (χ0) is 16.3. The highest BCUT2D eigenvalue weighted by Crippen LogP contribution is 2.20. The Labute approximate surface area is 126 Å². The average Bonchev–Trinajstić information content (AvgIpc) is 2.74. The third kappa shape index (κ3) is 3.14. The summed E-state index contributed by atoms with van der Waals surface area (Å²) in [5.74, 6) is -1.76. The fourth-order valence-electron chi connectivity index (χ4n) is 2.23. The average molecular weight is 309 g/mol. The Morgan fingerprint density at radius 1 is 1.36 bits per heavy atom. The van der Waals surface area contributed by atoms with E-state index in [9.17, 15) is 13.6 Å². The lowest BCUT2D eigenvalue weighted by atomic mass is 10.2. The first-order valence-electron chi connectivity index (χ1n) is 6.86. The molecule has 1 aromatic carbocycles. The maximum atomic E-state index is 13.9. The van der Waals surface area contributed by atoms with Gasteiger partial charge in [0.05, 0.1) is 17.0 Å². The Morgan fingerprint density at radius 3 is 2.73 bits per heavy atom. The molecule has 2 aromatic rings. The summed E-state index contributed by atoms with van der Waals surface area (Å²) in [5.41, 5.74) is 1.34. The summed E-state index contributed by atoms with van der Waals surface area (Å²) in [6.07, 6.45) is 0.449. The minimum absolute atomic E-state index is 0.0156. The maximum Gasteiger partial charge on any atom is 0.255 e. The largest absolute Gasteiger partial charge is 0.396 e. The molecule has 0 fully saturated rings. The molecule has 2 N–H and O–H groups in total. The second-order valence-corrected chi connectivity index (χ2v) is 4.89. The van der Waals surface area contributed by atoms with Crippen LogP contribution < -0.4 is 5.32 Å². The van der Waals surface area contributed by atoms with Crippen molar-refractivity contribution in [3.8, 4) is 5.69 Å². The third-order valence-corrected chi connectivity index (χ3v) is 3.28. The molecule has 118 valence electrons. The summed E-state index contributed by atoms with van der Waals surface area (Å²) < 4.78 is 28.2. The van der Waals surface area contributed by atoms with Crippen LogP contribution in [-0.2, 0) is 0 Å². The number of nitrogens with one attached hydrogen (secondary N) is 1. The Kier molecular flexibility index (Phi) is 4.87. The molecule has 0 aliphatic carbocycles. The Morgan fingerprint density at radius 2 is 2.09 bits per heavy atom. The van der Waals surface area contributed by atoms with Gasteiger partial charge in [-0.1, -0.05) is 0 Å². The summed E-state index contributed by atoms with van der Waals surface area (Å²) >= 11 is 0. The number of aromatic nitrogens is 2. The van der Waals surface area contributed by atoms with Crippen molar-refractivity contribution in [3.63, 3.8) is 0 Å². The number of carbonyl (C=O) groups is 1. The monoisotopic (exact) mass is 309 g/mol. The van der Waals surface area contributed by atoms with Crippen LogP contribution in [0.15, 0.2) is 18.2 Å². The summed E-state index contributed by atoms with van der Waals surface area (Å²) in [7, 11) is 0. The molecule has 22 heavy (non-hydrogen) atoms. The molecule has 0 aliphatic rings. The predicted molar refractivity (Wildman–Crippen MR) is 77.0 cm³/mol. The van der Waals surface area contributed by atoms with Gasteiger partial charge in [0.2, 0.25) is 0 Å². The highest BCUT2D eigenvalue weighted by atomic mass is 19.1. The predicted octanol–water partition coefficient (Wildman–Crippen LogP) is 1.88. The van der Waals surface area contributed by atoms with Crippen LogP contribution in [0, 0.1) is 25.5 Å². The molecule has 1 aromatic heterocycles. The zero-order valence-corrected chi connectivity index (χ0v) is 12.4. The lowest BCUT2D eigenvalue weighted by molar-refractivity contribution is 0.0950. The number of halogens is 2. The lowest BCUT2D eigenvalue weighted by Crippen LogP contribution is -2.26. The van der Waals surface area contributed by atoms with E-state index in [4.69, 9.17) is 5.11 Å². The van der Waals surface area contributed by atoms with Crippen molar-refractivity contribution in [2.24, 2.45) is 0 Å². The van der Waals surface area contributed by atoms with Crippen LogP contribution >= 0.6 is 0 Å². The zero-order valence-electron chi connectivity index (χ0n) is 12.4. The summed E-state index contributed by atoms with van der Waals surface area (Å²) in [4.78, 5) is 12.1. The molecule has 5 nitrogen and oxygen atoms in total. The molecular formula is C15H17F2N3O2. The van der Waals surface area contributed by atoms with E-state index in [-0.39, 0.29) is 18.2 Å². The van der Waals surface area contributed by atoms with Crippen LogP contribution in [0.1, 0.15) is 28.2 Å². The molecule has 0 saturated heterocycles. The molecule has 0 bridgehead atoms. The highest BCUT2D eigenvalue weighted by molar-refractivity contribution is 5.96. The van der Waals surface area contributed by atoms with E-state index in [0.29, 0.717) is 29.9 Å². The minimum atomic E-state index is -0.752. The van der Waals surface area contributed by atoms with Gasteiger partial charge in [-0.15, -0.1) is 0 Å². The summed E-state index contributed by atoms with van der Waals surface area (Å²) in [6.45, 7) is 3.61. The molecule has 0 radical (unpaired) electrons. The number of aliphatic hydroxyl groups excluding tert-OH is 1. The Hall–Kier alpha value is -2.28. The van der Waals surface area contributed by atoms with E-state index in [1.807, 2.05) is 0 Å². The van der Waals surface area contributed by atoms with E-state index in [1.54, 1.807) is 13.8 Å². The number of amides is 1. The van der Waals surface area contributed by atoms with Crippen molar-refractivity contribution in [2.45, 2.75) is 20.3 Å². The number of rotatable bonds is 5. The van der Waals surface area contributed by atoms with Gasteiger partial charge in [0.1, 0.15) is 11.5 Å². The number of benzene rings is 1. The quantitative estimate of drug-likeness (QED) is 0.829. The van der Waals surface area contributed by atoms with Crippen LogP contribution in [0.25, 0.3) is 5.69 Å². The fraction of sp³-hybridized carbons (Fsp3) is 0.333. The SMILES string of the molecule is Cc1nn(-c2ccc(F)cc2F)c(C)c1C(=O)NCCCO. The number of carbonyl (C=O) groups excluding carboxylic acids is 1. The molecule has 2 rings (SSSR count). The molecule has 0 aliphatic heterocycles. The van der Waals surface area contributed by atoms with E-state index in [1.165, 1.54) is 10.7 Å². The van der Waals surface area contributed by atoms with Gasteiger partial charge in [0.25, 0.3) is 5.91 Å². The van der Waals surface area contributed by atoms with Gasteiger partial charge < -0.3 is 10.4 Å². The number of nitrogens with zero attached hydrogens (tertiary/aromatic N) is 2. The van der Waals surface area contributed by atoms with Crippen molar-refractivity contribution in [3.05, 3.63) is 46.8 Å². The van der Waals surface area contributed by atoms with Crippen molar-refractivity contribution in [1.82, 2.24) is 15.1 Å². The van der Waals surface area contributed by atoms with Crippen molar-refractivity contribution >= 4 is 5.91 Å². The van der Waals surface area contributed by atoms with Gasteiger partial charge in [-0.05, 0) is 32.4 Å². The minimum Gasteiger partial charge on any atom is -0.396 e. The Bertz CT molecular complexity index is 698. The first-order chi connectivity index (χ1) is 10.5. The topological polar surface area (TPSA) is 67.2 Å². The normalized spacial score (nSPS) is 10.8. The number of aliphatic hydroxyl groups is 1. The van der Waals surface area contributed by atoms with Crippen molar-refractivity contribution in [2.75, 3.05) is 13.2 Å². The van der Waals surface area contributed by atoms with Gasteiger partial charge in [-0.3, -0.25) is 4.79 Å². The van der Waals surface area contributed by atoms with Crippen LogP contribution in [0.2, 0.25) is 0 Å². The van der Waals surface area contributed by atoms with Gasteiger partial charge >= 0.3 is 0 Å². The number of aryl methyl sites for hydroxylation is 1. The smallest absolute Gasteiger partial charge is 0.255 e. The van der Waals surface area contributed by atoms with Gasteiger partial charge in [0.15, 0.2) is 5.82 Å². The molecule has 1 heterocycles. The Balaban J connectivity index is 2.36. The van der Waals surface area contributed by atoms with Crippen LogP contribution in [0.5, 0.6) is 0 Å². The van der Waals surface area contributed by atoms with Crippen LogP contribution in [-0.4, -0.2) is 33.9 Å². The van der Waals surface area contributed by atoms with Crippen molar-refractivity contribution < 1.29 is 18.7 Å². The van der Waals surface area contributed by atoms with Crippen LogP contribution in [0.3, 0.4) is 0 Å². The third-order valence-electron chi connectivity index (χ3n) is 3.28.